The number of rotatable bonds is 6. The molecule has 134 valence electrons. The molecule has 0 bridgehead atoms. The number of amides is 1. The van der Waals surface area contributed by atoms with E-state index in [9.17, 15) is 13.2 Å². The standard InChI is InChI=1S/C16H25N3O4S/c1-2-15-17-6-7-18(15)11-16(20)19(10-14-4-3-8-23-14)13-5-9-24(21,22)12-13/h6-7,13-14H,2-5,8-12H2,1H3. The van der Waals surface area contributed by atoms with E-state index in [1.165, 1.54) is 0 Å². The van der Waals surface area contributed by atoms with E-state index in [2.05, 4.69) is 4.98 Å². The summed E-state index contributed by atoms with van der Waals surface area (Å²) in [6.07, 6.45) is 6.70. The maximum atomic E-state index is 12.9. The second kappa shape index (κ2) is 7.23. The fourth-order valence-electron chi connectivity index (χ4n) is 3.52. The Morgan fingerprint density at radius 2 is 2.29 bits per heavy atom. The summed E-state index contributed by atoms with van der Waals surface area (Å²) in [4.78, 5) is 18.9. The average Bonchev–Trinajstić information content (AvgIpc) is 3.25. The van der Waals surface area contributed by atoms with Gasteiger partial charge in [-0.2, -0.15) is 0 Å². The number of imidazole rings is 1. The number of aryl methyl sites for hydroxylation is 1. The van der Waals surface area contributed by atoms with Crippen LogP contribution in [-0.4, -0.2) is 65.6 Å². The van der Waals surface area contributed by atoms with Gasteiger partial charge in [-0.15, -0.1) is 0 Å². The minimum atomic E-state index is -3.04. The zero-order valence-corrected chi connectivity index (χ0v) is 14.9. The molecule has 3 rings (SSSR count). The van der Waals surface area contributed by atoms with Crippen LogP contribution in [0.4, 0.5) is 0 Å². The van der Waals surface area contributed by atoms with E-state index >= 15 is 0 Å². The molecule has 2 atom stereocenters. The Bertz CT molecular complexity index is 679. The van der Waals surface area contributed by atoms with Gasteiger partial charge in [-0.1, -0.05) is 6.92 Å². The molecule has 0 N–H and O–H groups in total. The molecule has 2 unspecified atom stereocenters. The Hall–Kier alpha value is -1.41. The number of aromatic nitrogens is 2. The predicted octanol–water partition coefficient (Wildman–Crippen LogP) is 0.640. The lowest BCUT2D eigenvalue weighted by Gasteiger charge is -2.30. The Kier molecular flexibility index (Phi) is 5.24. The smallest absolute Gasteiger partial charge is 0.242 e. The number of carbonyl (C=O) groups is 1. The first kappa shape index (κ1) is 17.4. The normalized spacial score (nSPS) is 25.9. The van der Waals surface area contributed by atoms with Crippen molar-refractivity contribution < 1.29 is 17.9 Å². The van der Waals surface area contributed by atoms with E-state index in [1.54, 1.807) is 17.3 Å². The van der Waals surface area contributed by atoms with Gasteiger partial charge in [-0.25, -0.2) is 13.4 Å². The molecule has 1 amide bonds. The van der Waals surface area contributed by atoms with Crippen LogP contribution in [0.5, 0.6) is 0 Å². The lowest BCUT2D eigenvalue weighted by molar-refractivity contribution is -0.135. The van der Waals surface area contributed by atoms with Crippen molar-refractivity contribution in [1.29, 1.82) is 0 Å². The van der Waals surface area contributed by atoms with E-state index in [0.717, 1.165) is 31.7 Å². The summed E-state index contributed by atoms with van der Waals surface area (Å²) in [5, 5.41) is 0. The third kappa shape index (κ3) is 3.97. The minimum Gasteiger partial charge on any atom is -0.376 e. The van der Waals surface area contributed by atoms with Gasteiger partial charge in [0.15, 0.2) is 9.84 Å². The van der Waals surface area contributed by atoms with Crippen molar-refractivity contribution >= 4 is 15.7 Å². The van der Waals surface area contributed by atoms with Crippen LogP contribution in [0.3, 0.4) is 0 Å². The fraction of sp³-hybridized carbons (Fsp3) is 0.750. The van der Waals surface area contributed by atoms with Crippen LogP contribution in [0.1, 0.15) is 32.0 Å². The largest absolute Gasteiger partial charge is 0.376 e. The van der Waals surface area contributed by atoms with Gasteiger partial charge >= 0.3 is 0 Å². The highest BCUT2D eigenvalue weighted by Crippen LogP contribution is 2.22. The van der Waals surface area contributed by atoms with E-state index in [1.807, 2.05) is 11.5 Å². The molecular formula is C16H25N3O4S. The second-order valence-electron chi connectivity index (χ2n) is 6.56. The first-order valence-corrected chi connectivity index (χ1v) is 10.4. The number of carbonyl (C=O) groups excluding carboxylic acids is 1. The van der Waals surface area contributed by atoms with E-state index in [0.29, 0.717) is 13.0 Å². The van der Waals surface area contributed by atoms with Crippen LogP contribution in [0.25, 0.3) is 0 Å². The van der Waals surface area contributed by atoms with Crippen molar-refractivity contribution in [2.45, 2.75) is 51.3 Å². The molecule has 2 fully saturated rings. The highest BCUT2D eigenvalue weighted by Gasteiger charge is 2.36. The summed E-state index contributed by atoms with van der Waals surface area (Å²) < 4.78 is 31.2. The van der Waals surface area contributed by atoms with Gasteiger partial charge < -0.3 is 14.2 Å². The zero-order chi connectivity index (χ0) is 17.2. The van der Waals surface area contributed by atoms with Gasteiger partial charge in [0.25, 0.3) is 0 Å². The average molecular weight is 355 g/mol. The Balaban J connectivity index is 1.74. The molecule has 7 nitrogen and oxygen atoms in total. The SMILES string of the molecule is CCc1nccn1CC(=O)N(CC1CCCO1)C1CCS(=O)(=O)C1. The van der Waals surface area contributed by atoms with Gasteiger partial charge in [0, 0.05) is 38.0 Å². The molecule has 3 heterocycles. The molecule has 2 aliphatic rings. The van der Waals surface area contributed by atoms with Crippen LogP contribution in [0, 0.1) is 0 Å². The summed E-state index contributed by atoms with van der Waals surface area (Å²) in [6.45, 7) is 3.40. The van der Waals surface area contributed by atoms with Gasteiger partial charge in [-0.05, 0) is 19.3 Å². The molecule has 1 aromatic rings. The molecule has 2 saturated heterocycles. The van der Waals surface area contributed by atoms with Crippen LogP contribution in [0.2, 0.25) is 0 Å². The number of sulfone groups is 1. The summed E-state index contributed by atoms with van der Waals surface area (Å²) in [5.41, 5.74) is 0. The van der Waals surface area contributed by atoms with Crippen molar-refractivity contribution in [3.63, 3.8) is 0 Å². The molecule has 0 radical (unpaired) electrons. The quantitative estimate of drug-likeness (QED) is 0.748. The van der Waals surface area contributed by atoms with Gasteiger partial charge in [0.1, 0.15) is 12.4 Å². The van der Waals surface area contributed by atoms with Crippen LogP contribution < -0.4 is 0 Å². The molecule has 8 heteroatoms. The topological polar surface area (TPSA) is 81.5 Å². The molecule has 24 heavy (non-hydrogen) atoms. The molecule has 0 aliphatic carbocycles. The van der Waals surface area contributed by atoms with Crippen molar-refractivity contribution in [2.75, 3.05) is 24.7 Å². The molecule has 2 aliphatic heterocycles. The van der Waals surface area contributed by atoms with Crippen molar-refractivity contribution in [3.8, 4) is 0 Å². The van der Waals surface area contributed by atoms with Crippen LogP contribution in [-0.2, 0) is 32.3 Å². The zero-order valence-electron chi connectivity index (χ0n) is 14.1. The second-order valence-corrected chi connectivity index (χ2v) is 8.79. The highest BCUT2D eigenvalue weighted by molar-refractivity contribution is 7.91. The number of nitrogens with zero attached hydrogens (tertiary/aromatic N) is 3. The lowest BCUT2D eigenvalue weighted by atomic mass is 10.1. The van der Waals surface area contributed by atoms with Gasteiger partial charge in [-0.3, -0.25) is 4.79 Å². The third-order valence-electron chi connectivity index (χ3n) is 4.82. The first-order chi connectivity index (χ1) is 11.5. The van der Waals surface area contributed by atoms with Crippen LogP contribution >= 0.6 is 0 Å². The summed E-state index contributed by atoms with van der Waals surface area (Å²) in [7, 11) is -3.04. The number of hydrogen-bond donors (Lipinski definition) is 0. The van der Waals surface area contributed by atoms with E-state index in [4.69, 9.17) is 4.74 Å². The lowest BCUT2D eigenvalue weighted by Crippen LogP contribution is -2.46. The van der Waals surface area contributed by atoms with E-state index in [-0.39, 0.29) is 36.1 Å². The maximum Gasteiger partial charge on any atom is 0.242 e. The Labute approximate surface area is 142 Å². The van der Waals surface area contributed by atoms with Gasteiger partial charge in [0.05, 0.1) is 17.6 Å². The summed E-state index contributed by atoms with van der Waals surface area (Å²) in [5.74, 6) is 1.04. The monoisotopic (exact) mass is 355 g/mol. The molecule has 0 saturated carbocycles. The van der Waals surface area contributed by atoms with Gasteiger partial charge in [0.2, 0.25) is 5.91 Å². The van der Waals surface area contributed by atoms with E-state index < -0.39 is 9.84 Å². The predicted molar refractivity (Wildman–Crippen MR) is 89.4 cm³/mol. The Morgan fingerprint density at radius 3 is 2.92 bits per heavy atom. The summed E-state index contributed by atoms with van der Waals surface area (Å²) >= 11 is 0. The maximum absolute atomic E-state index is 12.9. The molecule has 1 aromatic heterocycles. The molecular weight excluding hydrogens is 330 g/mol. The highest BCUT2D eigenvalue weighted by atomic mass is 32.2. The van der Waals surface area contributed by atoms with Crippen molar-refractivity contribution in [3.05, 3.63) is 18.2 Å². The number of hydrogen-bond acceptors (Lipinski definition) is 5. The fourth-order valence-corrected chi connectivity index (χ4v) is 5.25. The third-order valence-corrected chi connectivity index (χ3v) is 6.57. The van der Waals surface area contributed by atoms with Crippen molar-refractivity contribution in [1.82, 2.24) is 14.5 Å². The molecule has 0 aromatic carbocycles. The Morgan fingerprint density at radius 1 is 1.46 bits per heavy atom. The minimum absolute atomic E-state index is 0.0192. The van der Waals surface area contributed by atoms with Crippen LogP contribution in [0.15, 0.2) is 12.4 Å². The van der Waals surface area contributed by atoms with Crippen molar-refractivity contribution in [2.24, 2.45) is 0 Å². The number of ether oxygens (including phenoxy) is 1. The summed E-state index contributed by atoms with van der Waals surface area (Å²) in [6, 6.07) is -0.236. The first-order valence-electron chi connectivity index (χ1n) is 8.60. The molecule has 0 spiro atoms.